The van der Waals surface area contributed by atoms with Gasteiger partial charge >= 0.3 is 11.1 Å². The van der Waals surface area contributed by atoms with Crippen LogP contribution < -0.4 is 19.5 Å². The molecule has 10 nitrogen and oxygen atoms in total. The van der Waals surface area contributed by atoms with E-state index in [1.54, 1.807) is 32.4 Å². The zero-order valence-corrected chi connectivity index (χ0v) is 20.9. The van der Waals surface area contributed by atoms with E-state index in [0.29, 0.717) is 28.0 Å². The van der Waals surface area contributed by atoms with Gasteiger partial charge in [0.1, 0.15) is 5.69 Å². The number of thioether (sulfide) groups is 1. The Morgan fingerprint density at radius 1 is 1.05 bits per heavy atom. The molecule has 1 heterocycles. The lowest BCUT2D eigenvalue weighted by Crippen LogP contribution is -2.34. The van der Waals surface area contributed by atoms with Crippen LogP contribution in [-0.2, 0) is 4.79 Å². The van der Waals surface area contributed by atoms with E-state index in [-0.39, 0.29) is 17.2 Å². The maximum atomic E-state index is 12.5. The molecule has 0 fully saturated rings. The van der Waals surface area contributed by atoms with Crippen LogP contribution in [0, 0.1) is 0 Å². The fourth-order valence-corrected chi connectivity index (χ4v) is 4.29. The van der Waals surface area contributed by atoms with Crippen molar-refractivity contribution in [1.82, 2.24) is 15.6 Å². The highest BCUT2D eigenvalue weighted by Crippen LogP contribution is 2.31. The highest BCUT2D eigenvalue weighted by Gasteiger charge is 2.25. The molecule has 11 heteroatoms. The summed E-state index contributed by atoms with van der Waals surface area (Å²) >= 11 is 1.22. The number of H-pyrrole nitrogens is 1. The van der Waals surface area contributed by atoms with Crippen LogP contribution in [-0.4, -0.2) is 53.4 Å². The van der Waals surface area contributed by atoms with Crippen molar-refractivity contribution in [3.05, 3.63) is 83.9 Å². The number of carboxylic acids is 1. The van der Waals surface area contributed by atoms with Gasteiger partial charge in [-0.15, -0.1) is 5.10 Å². The van der Waals surface area contributed by atoms with Crippen molar-refractivity contribution in [3.8, 4) is 28.6 Å². The Bertz CT molecular complexity index is 1440. The van der Waals surface area contributed by atoms with Crippen LogP contribution in [0.3, 0.4) is 0 Å². The minimum atomic E-state index is -1.07. The lowest BCUT2D eigenvalue weighted by Gasteiger charge is -2.09. The van der Waals surface area contributed by atoms with Gasteiger partial charge < -0.3 is 14.6 Å². The number of amides is 1. The van der Waals surface area contributed by atoms with Gasteiger partial charge in [-0.1, -0.05) is 36.4 Å². The molecule has 0 unspecified atom stereocenters. The molecule has 1 amide bonds. The maximum absolute atomic E-state index is 12.5. The topological polar surface area (TPSA) is 130 Å². The molecule has 0 atom stereocenters. The van der Waals surface area contributed by atoms with Gasteiger partial charge in [-0.3, -0.25) is 4.79 Å². The van der Waals surface area contributed by atoms with Gasteiger partial charge in [0.05, 0.1) is 42.4 Å². The number of benzene rings is 3. The third-order valence-electron chi connectivity index (χ3n) is 5.26. The van der Waals surface area contributed by atoms with Crippen LogP contribution in [0.2, 0.25) is 0 Å². The average Bonchev–Trinajstić information content (AvgIpc) is 3.36. The number of aromatic nitrogens is 3. The summed E-state index contributed by atoms with van der Waals surface area (Å²) in [7, 11) is 3.15. The number of carboxylic acid groups (broad SMARTS) is 1. The molecule has 4 rings (SSSR count). The lowest BCUT2D eigenvalue weighted by molar-refractivity contribution is -0.625. The molecule has 0 saturated carbocycles. The molecule has 37 heavy (non-hydrogen) atoms. The molecule has 0 bridgehead atoms. The quantitative estimate of drug-likeness (QED) is 0.127. The molecular weight excluding hydrogens is 494 g/mol. The Balaban J connectivity index is 1.54. The predicted molar refractivity (Wildman–Crippen MR) is 139 cm³/mol. The van der Waals surface area contributed by atoms with Crippen molar-refractivity contribution in [2.24, 2.45) is 5.10 Å². The van der Waals surface area contributed by atoms with Crippen molar-refractivity contribution < 1.29 is 28.7 Å². The van der Waals surface area contributed by atoms with E-state index in [9.17, 15) is 14.7 Å². The summed E-state index contributed by atoms with van der Waals surface area (Å²) in [6.07, 6.45) is 1.31. The third kappa shape index (κ3) is 5.96. The van der Waals surface area contributed by atoms with Crippen LogP contribution in [0.1, 0.15) is 15.9 Å². The number of carbonyl (C=O) groups excluding carboxylic acids is 1. The zero-order valence-electron chi connectivity index (χ0n) is 20.0. The van der Waals surface area contributed by atoms with Crippen LogP contribution in [0.15, 0.2) is 83.1 Å². The number of nitrogens with one attached hydrogen (secondary N) is 2. The minimum Gasteiger partial charge on any atom is -0.493 e. The van der Waals surface area contributed by atoms with E-state index < -0.39 is 5.97 Å². The van der Waals surface area contributed by atoms with Gasteiger partial charge in [0.2, 0.25) is 0 Å². The Morgan fingerprint density at radius 2 is 1.78 bits per heavy atom. The number of carbonyl (C=O) groups is 2. The third-order valence-corrected chi connectivity index (χ3v) is 6.20. The molecule has 0 aliphatic rings. The second-order valence-corrected chi connectivity index (χ2v) is 8.51. The number of hydrogen-bond acceptors (Lipinski definition) is 7. The minimum absolute atomic E-state index is 0.0287. The SMILES string of the molecule is COc1ccc(-c2[nH]nc(SCC(=O)N/N=C/c3ccccc3C(=O)O)[n+]2-c2ccccc2)cc1OC. The number of nitrogens with zero attached hydrogens (tertiary/aromatic N) is 3. The zero-order chi connectivity index (χ0) is 26.2. The first-order chi connectivity index (χ1) is 18.0. The van der Waals surface area contributed by atoms with E-state index in [4.69, 9.17) is 9.47 Å². The van der Waals surface area contributed by atoms with Crippen LogP contribution in [0.25, 0.3) is 17.1 Å². The number of aromatic amines is 1. The van der Waals surface area contributed by atoms with E-state index in [1.165, 1.54) is 24.0 Å². The smallest absolute Gasteiger partial charge is 0.342 e. The van der Waals surface area contributed by atoms with Crippen molar-refractivity contribution in [1.29, 1.82) is 0 Å². The van der Waals surface area contributed by atoms with Crippen molar-refractivity contribution >= 4 is 29.9 Å². The Kier molecular flexibility index (Phi) is 8.16. The summed E-state index contributed by atoms with van der Waals surface area (Å²) in [5.41, 5.74) is 4.58. The number of para-hydroxylation sites is 1. The van der Waals surface area contributed by atoms with Gasteiger partial charge in [0.25, 0.3) is 11.7 Å². The number of hydrogen-bond donors (Lipinski definition) is 3. The summed E-state index contributed by atoms with van der Waals surface area (Å²) in [5, 5.41) is 21.2. The molecule has 188 valence electrons. The highest BCUT2D eigenvalue weighted by atomic mass is 32.2. The molecule has 0 spiro atoms. The summed E-state index contributed by atoms with van der Waals surface area (Å²) in [6.45, 7) is 0. The number of methoxy groups -OCH3 is 2. The number of rotatable bonds is 10. The number of hydrazone groups is 1. The predicted octanol–water partition coefficient (Wildman–Crippen LogP) is 3.31. The van der Waals surface area contributed by atoms with E-state index in [0.717, 1.165) is 11.3 Å². The van der Waals surface area contributed by atoms with Crippen LogP contribution in [0.5, 0.6) is 11.5 Å². The average molecular weight is 519 g/mol. The van der Waals surface area contributed by atoms with Gasteiger partial charge in [-0.25, -0.2) is 10.2 Å². The van der Waals surface area contributed by atoms with Gasteiger partial charge in [-0.2, -0.15) is 9.67 Å². The fourth-order valence-electron chi connectivity index (χ4n) is 3.53. The van der Waals surface area contributed by atoms with Crippen molar-refractivity contribution in [2.45, 2.75) is 5.16 Å². The van der Waals surface area contributed by atoms with Gasteiger partial charge in [0.15, 0.2) is 11.5 Å². The normalized spacial score (nSPS) is 10.9. The standard InChI is InChI=1S/C26H23N5O5S/c1-35-21-13-12-17(14-22(21)36-2)24-29-30-26(31(24)19-9-4-3-5-10-19)37-16-23(32)28-27-15-18-8-6-7-11-20(18)25(33)34/h3-15H,16H2,1-2H3,(H2,28,32,33,34)/p+1/b27-15+. The van der Waals surface area contributed by atoms with E-state index >= 15 is 0 Å². The largest absolute Gasteiger partial charge is 0.493 e. The first-order valence-electron chi connectivity index (χ1n) is 11.1. The monoisotopic (exact) mass is 518 g/mol. The molecule has 4 aromatic rings. The number of aromatic carboxylic acids is 1. The molecule has 1 aromatic heterocycles. The van der Waals surface area contributed by atoms with Crippen LogP contribution >= 0.6 is 11.8 Å². The molecule has 3 aromatic carbocycles. The Morgan fingerprint density at radius 3 is 2.51 bits per heavy atom. The van der Waals surface area contributed by atoms with Crippen molar-refractivity contribution in [3.63, 3.8) is 0 Å². The molecule has 0 aliphatic carbocycles. The summed E-state index contributed by atoms with van der Waals surface area (Å²) in [6, 6.07) is 21.6. The Hall–Kier alpha value is -4.64. The second kappa shape index (κ2) is 11.9. The number of ether oxygens (including phenoxy) is 2. The van der Waals surface area contributed by atoms with Gasteiger partial charge in [-0.05, 0) is 48.2 Å². The first kappa shape index (κ1) is 25.5. The molecule has 0 aliphatic heterocycles. The van der Waals surface area contributed by atoms with Crippen LogP contribution in [0.4, 0.5) is 0 Å². The molecule has 0 radical (unpaired) electrons. The van der Waals surface area contributed by atoms with E-state index in [2.05, 4.69) is 20.7 Å². The fraction of sp³-hybridized carbons (Fsp3) is 0.115. The summed E-state index contributed by atoms with van der Waals surface area (Å²) in [5.74, 6) is 0.460. The van der Waals surface area contributed by atoms with Crippen molar-refractivity contribution in [2.75, 3.05) is 20.0 Å². The van der Waals surface area contributed by atoms with E-state index in [1.807, 2.05) is 53.1 Å². The summed E-state index contributed by atoms with van der Waals surface area (Å²) < 4.78 is 12.7. The molecule has 0 saturated heterocycles. The van der Waals surface area contributed by atoms with Gasteiger partial charge in [0, 0.05) is 5.56 Å². The maximum Gasteiger partial charge on any atom is 0.342 e. The first-order valence-corrected chi connectivity index (χ1v) is 12.1. The highest BCUT2D eigenvalue weighted by molar-refractivity contribution is 7.99. The molecular formula is C26H24N5O5S+. The Labute approximate surface area is 217 Å². The summed E-state index contributed by atoms with van der Waals surface area (Å²) in [4.78, 5) is 23.8. The lowest BCUT2D eigenvalue weighted by atomic mass is 10.1. The molecule has 3 N–H and O–H groups in total. The second-order valence-electron chi connectivity index (χ2n) is 7.57.